The third-order valence-electron chi connectivity index (χ3n) is 1.60. The molecule has 0 amide bonds. The lowest BCUT2D eigenvalue weighted by Crippen LogP contribution is -2.35. The number of nitrogens with two attached hydrogens (primary N) is 1. The summed E-state index contributed by atoms with van der Waals surface area (Å²) in [5, 5.41) is 0. The molecule has 0 aromatic rings. The maximum Gasteiger partial charge on any atom is 0.323 e. The number of rotatable bonds is 7. The van der Waals surface area contributed by atoms with Crippen LogP contribution in [0.2, 0.25) is 0 Å². The first-order valence-corrected chi connectivity index (χ1v) is 5.19. The molecule has 0 aliphatic carbocycles. The summed E-state index contributed by atoms with van der Waals surface area (Å²) < 4.78 is 9.58. The smallest absolute Gasteiger partial charge is 0.323 e. The van der Waals surface area contributed by atoms with Crippen molar-refractivity contribution in [2.75, 3.05) is 13.2 Å². The molecule has 0 fully saturated rings. The standard InChI is InChI=1S/C10H19NO4/c1-3-5-14-9(12)7-8(11)10(13)15-6-4-2/h8H,3-7,11H2,1-2H3/t8-/m0/s1. The number of esters is 2. The zero-order valence-electron chi connectivity index (χ0n) is 9.32. The lowest BCUT2D eigenvalue weighted by Gasteiger charge is -2.10. The summed E-state index contributed by atoms with van der Waals surface area (Å²) in [6, 6.07) is -0.916. The first kappa shape index (κ1) is 13.9. The fourth-order valence-electron chi connectivity index (χ4n) is 0.847. The maximum atomic E-state index is 11.2. The highest BCUT2D eigenvalue weighted by Crippen LogP contribution is 1.96. The molecule has 0 saturated carbocycles. The zero-order valence-corrected chi connectivity index (χ0v) is 9.32. The lowest BCUT2D eigenvalue weighted by molar-refractivity contribution is -0.151. The summed E-state index contributed by atoms with van der Waals surface area (Å²) >= 11 is 0. The van der Waals surface area contributed by atoms with Gasteiger partial charge in [-0.25, -0.2) is 0 Å². The Bertz CT molecular complexity index is 206. The Morgan fingerprint density at radius 2 is 1.67 bits per heavy atom. The molecule has 0 unspecified atom stereocenters. The third-order valence-corrected chi connectivity index (χ3v) is 1.60. The van der Waals surface area contributed by atoms with Gasteiger partial charge in [0, 0.05) is 0 Å². The van der Waals surface area contributed by atoms with Crippen molar-refractivity contribution < 1.29 is 19.1 Å². The molecule has 0 aromatic carbocycles. The molecule has 0 heterocycles. The molecule has 0 bridgehead atoms. The molecule has 0 saturated heterocycles. The molecule has 1 atom stereocenters. The van der Waals surface area contributed by atoms with Gasteiger partial charge < -0.3 is 15.2 Å². The molecular weight excluding hydrogens is 198 g/mol. The van der Waals surface area contributed by atoms with Gasteiger partial charge in [-0.2, -0.15) is 0 Å². The van der Waals surface area contributed by atoms with Crippen LogP contribution >= 0.6 is 0 Å². The first-order chi connectivity index (χ1) is 7.11. The minimum Gasteiger partial charge on any atom is -0.466 e. The van der Waals surface area contributed by atoms with Gasteiger partial charge >= 0.3 is 11.9 Å². The van der Waals surface area contributed by atoms with Crippen LogP contribution < -0.4 is 5.73 Å². The molecule has 15 heavy (non-hydrogen) atoms. The molecule has 5 nitrogen and oxygen atoms in total. The molecule has 2 N–H and O–H groups in total. The number of carbonyl (C=O) groups excluding carboxylic acids is 2. The Labute approximate surface area is 89.9 Å². The molecule has 5 heteroatoms. The van der Waals surface area contributed by atoms with E-state index < -0.39 is 18.0 Å². The largest absolute Gasteiger partial charge is 0.466 e. The molecule has 0 radical (unpaired) electrons. The molecule has 0 aliphatic rings. The van der Waals surface area contributed by atoms with Crippen molar-refractivity contribution in [2.24, 2.45) is 5.73 Å². The zero-order chi connectivity index (χ0) is 11.7. The van der Waals surface area contributed by atoms with Gasteiger partial charge in [0.05, 0.1) is 19.6 Å². The number of hydrogen-bond donors (Lipinski definition) is 1. The van der Waals surface area contributed by atoms with Crippen LogP contribution in [0.4, 0.5) is 0 Å². The average Bonchev–Trinajstić information content (AvgIpc) is 2.22. The number of hydrogen-bond acceptors (Lipinski definition) is 5. The second-order valence-electron chi connectivity index (χ2n) is 3.20. The van der Waals surface area contributed by atoms with Crippen LogP contribution in [0.25, 0.3) is 0 Å². The Morgan fingerprint density at radius 1 is 1.13 bits per heavy atom. The summed E-state index contributed by atoms with van der Waals surface area (Å²) in [6.07, 6.45) is 1.36. The summed E-state index contributed by atoms with van der Waals surface area (Å²) in [4.78, 5) is 22.2. The Morgan fingerprint density at radius 3 is 2.20 bits per heavy atom. The quantitative estimate of drug-likeness (QED) is 0.632. The van der Waals surface area contributed by atoms with Crippen LogP contribution in [0.15, 0.2) is 0 Å². The van der Waals surface area contributed by atoms with E-state index in [1.54, 1.807) is 0 Å². The second-order valence-corrected chi connectivity index (χ2v) is 3.20. The van der Waals surface area contributed by atoms with Gasteiger partial charge in [-0.05, 0) is 12.8 Å². The maximum absolute atomic E-state index is 11.2. The predicted octanol–water partition coefficient (Wildman–Crippen LogP) is 0.610. The fourth-order valence-corrected chi connectivity index (χ4v) is 0.847. The fraction of sp³-hybridized carbons (Fsp3) is 0.800. The highest BCUT2D eigenvalue weighted by molar-refractivity contribution is 5.82. The third kappa shape index (κ3) is 6.90. The minimum atomic E-state index is -0.916. The molecule has 0 rings (SSSR count). The van der Waals surface area contributed by atoms with Crippen LogP contribution in [-0.4, -0.2) is 31.2 Å². The van der Waals surface area contributed by atoms with Crippen LogP contribution in [0.5, 0.6) is 0 Å². The van der Waals surface area contributed by atoms with Gasteiger partial charge in [-0.3, -0.25) is 9.59 Å². The van der Waals surface area contributed by atoms with Crippen LogP contribution in [0, 0.1) is 0 Å². The van der Waals surface area contributed by atoms with Crippen molar-refractivity contribution in [3.63, 3.8) is 0 Å². The van der Waals surface area contributed by atoms with Crippen LogP contribution in [-0.2, 0) is 19.1 Å². The van der Waals surface area contributed by atoms with E-state index in [0.29, 0.717) is 13.2 Å². The van der Waals surface area contributed by atoms with E-state index in [1.807, 2.05) is 13.8 Å². The minimum absolute atomic E-state index is 0.122. The highest BCUT2D eigenvalue weighted by atomic mass is 16.5. The molecule has 0 spiro atoms. The van der Waals surface area contributed by atoms with E-state index in [9.17, 15) is 9.59 Å². The average molecular weight is 217 g/mol. The van der Waals surface area contributed by atoms with Crippen LogP contribution in [0.3, 0.4) is 0 Å². The van der Waals surface area contributed by atoms with Gasteiger partial charge in [-0.15, -0.1) is 0 Å². The van der Waals surface area contributed by atoms with Gasteiger partial charge in [0.15, 0.2) is 0 Å². The SMILES string of the molecule is CCCOC(=O)C[C@H](N)C(=O)OCCC. The summed E-state index contributed by atoms with van der Waals surface area (Å²) in [5.41, 5.74) is 5.46. The molecular formula is C10H19NO4. The van der Waals surface area contributed by atoms with E-state index in [1.165, 1.54) is 0 Å². The van der Waals surface area contributed by atoms with Crippen molar-refractivity contribution in [3.8, 4) is 0 Å². The molecule has 0 aliphatic heterocycles. The van der Waals surface area contributed by atoms with E-state index in [4.69, 9.17) is 15.2 Å². The van der Waals surface area contributed by atoms with Gasteiger partial charge in [-0.1, -0.05) is 13.8 Å². The summed E-state index contributed by atoms with van der Waals surface area (Å²) in [7, 11) is 0. The van der Waals surface area contributed by atoms with E-state index in [-0.39, 0.29) is 6.42 Å². The van der Waals surface area contributed by atoms with E-state index >= 15 is 0 Å². The van der Waals surface area contributed by atoms with Gasteiger partial charge in [0.25, 0.3) is 0 Å². The first-order valence-electron chi connectivity index (χ1n) is 5.19. The van der Waals surface area contributed by atoms with Crippen LogP contribution in [0.1, 0.15) is 33.1 Å². The van der Waals surface area contributed by atoms with Gasteiger partial charge in [0.1, 0.15) is 6.04 Å². The van der Waals surface area contributed by atoms with Gasteiger partial charge in [0.2, 0.25) is 0 Å². The summed E-state index contributed by atoms with van der Waals surface area (Å²) in [5.74, 6) is -1.01. The summed E-state index contributed by atoms with van der Waals surface area (Å²) in [6.45, 7) is 4.46. The van der Waals surface area contributed by atoms with Crippen molar-refractivity contribution in [3.05, 3.63) is 0 Å². The second kappa shape index (κ2) is 8.23. The monoisotopic (exact) mass is 217 g/mol. The van der Waals surface area contributed by atoms with Crippen molar-refractivity contribution in [2.45, 2.75) is 39.2 Å². The highest BCUT2D eigenvalue weighted by Gasteiger charge is 2.19. The van der Waals surface area contributed by atoms with Crippen molar-refractivity contribution in [1.29, 1.82) is 0 Å². The normalized spacial score (nSPS) is 11.9. The predicted molar refractivity (Wildman–Crippen MR) is 55.1 cm³/mol. The number of carbonyl (C=O) groups is 2. The van der Waals surface area contributed by atoms with Crippen molar-refractivity contribution >= 4 is 11.9 Å². The topological polar surface area (TPSA) is 78.6 Å². The van der Waals surface area contributed by atoms with E-state index in [2.05, 4.69) is 0 Å². The van der Waals surface area contributed by atoms with Crippen molar-refractivity contribution in [1.82, 2.24) is 0 Å². The Hall–Kier alpha value is -1.10. The Kier molecular flexibility index (Phi) is 7.62. The Balaban J connectivity index is 3.75. The lowest BCUT2D eigenvalue weighted by atomic mass is 10.2. The van der Waals surface area contributed by atoms with E-state index in [0.717, 1.165) is 12.8 Å². The number of ether oxygens (including phenoxy) is 2. The molecule has 88 valence electrons. The molecule has 0 aromatic heterocycles.